The monoisotopic (exact) mass is 194 g/mol. The largest absolute Gasteiger partial charge is 0.479 e. The molecular weight excluding hydrogens is 184 g/mol. The highest BCUT2D eigenvalue weighted by molar-refractivity contribution is 5.96. The molecule has 3 N–H and O–H groups in total. The van der Waals surface area contributed by atoms with Crippen molar-refractivity contribution < 1.29 is 14.7 Å². The van der Waals surface area contributed by atoms with Crippen molar-refractivity contribution in [2.75, 3.05) is 7.11 Å². The van der Waals surface area contributed by atoms with E-state index in [1.54, 1.807) is 12.1 Å². The second-order valence-electron chi connectivity index (χ2n) is 2.55. The normalized spacial score (nSPS) is 11.1. The van der Waals surface area contributed by atoms with Crippen molar-refractivity contribution in [3.05, 3.63) is 35.4 Å². The Hall–Kier alpha value is -2.04. The van der Waals surface area contributed by atoms with Crippen LogP contribution in [0.5, 0.6) is 0 Å². The number of nitrogens with two attached hydrogens (primary N) is 1. The van der Waals surface area contributed by atoms with E-state index in [2.05, 4.69) is 5.16 Å². The van der Waals surface area contributed by atoms with E-state index in [0.29, 0.717) is 11.1 Å². The van der Waals surface area contributed by atoms with E-state index in [9.17, 15) is 4.79 Å². The summed E-state index contributed by atoms with van der Waals surface area (Å²) in [5.41, 5.74) is 6.02. The molecule has 0 spiro atoms. The summed E-state index contributed by atoms with van der Waals surface area (Å²) >= 11 is 0. The first kappa shape index (κ1) is 10.0. The van der Waals surface area contributed by atoms with Gasteiger partial charge >= 0.3 is 0 Å². The summed E-state index contributed by atoms with van der Waals surface area (Å²) in [6, 6.07) is 6.22. The van der Waals surface area contributed by atoms with Crippen molar-refractivity contribution in [3.8, 4) is 0 Å². The molecule has 5 heteroatoms. The Morgan fingerprint density at radius 3 is 2.21 bits per heavy atom. The molecule has 0 radical (unpaired) electrons. The van der Waals surface area contributed by atoms with Crippen LogP contribution in [0.4, 0.5) is 0 Å². The van der Waals surface area contributed by atoms with Crippen LogP contribution < -0.4 is 5.73 Å². The molecule has 0 bridgehead atoms. The van der Waals surface area contributed by atoms with Crippen molar-refractivity contribution in [1.82, 2.24) is 0 Å². The minimum absolute atomic E-state index is 0.0843. The summed E-state index contributed by atoms with van der Waals surface area (Å²) in [4.78, 5) is 10.7. The highest BCUT2D eigenvalue weighted by Gasteiger charge is 2.05. The second kappa shape index (κ2) is 4.27. The zero-order valence-electron chi connectivity index (χ0n) is 7.60. The van der Waals surface area contributed by atoms with E-state index in [0.717, 1.165) is 0 Å². The van der Waals surface area contributed by atoms with E-state index in [4.69, 9.17) is 15.7 Å². The van der Waals surface area contributed by atoms with Gasteiger partial charge < -0.3 is 15.7 Å². The third-order valence-electron chi connectivity index (χ3n) is 1.70. The standard InChI is InChI=1S/C9H10N2O3/c1-14-9(11-13)7-4-2-6(3-5-7)8(10)12/h2-5,13H,1H3,(H2,10,12). The zero-order valence-corrected chi connectivity index (χ0v) is 7.60. The summed E-state index contributed by atoms with van der Waals surface area (Å²) in [6.07, 6.45) is 0. The number of carbonyl (C=O) groups excluding carboxylic acids is 1. The number of ether oxygens (including phenoxy) is 1. The van der Waals surface area contributed by atoms with Crippen LogP contribution in [0.3, 0.4) is 0 Å². The van der Waals surface area contributed by atoms with Crippen LogP contribution in [-0.4, -0.2) is 24.1 Å². The lowest BCUT2D eigenvalue weighted by Gasteiger charge is -2.02. The van der Waals surface area contributed by atoms with Crippen molar-refractivity contribution >= 4 is 11.8 Å². The Morgan fingerprint density at radius 2 is 1.86 bits per heavy atom. The number of carbonyl (C=O) groups is 1. The maximum Gasteiger partial charge on any atom is 0.257 e. The highest BCUT2D eigenvalue weighted by Crippen LogP contribution is 2.05. The Bertz CT molecular complexity index is 357. The van der Waals surface area contributed by atoms with Gasteiger partial charge in [-0.3, -0.25) is 4.79 Å². The average Bonchev–Trinajstić information content (AvgIpc) is 2.20. The molecule has 0 aliphatic rings. The van der Waals surface area contributed by atoms with Gasteiger partial charge in [0.2, 0.25) is 5.91 Å². The molecule has 0 saturated heterocycles. The molecule has 1 rings (SSSR count). The highest BCUT2D eigenvalue weighted by atomic mass is 16.5. The minimum Gasteiger partial charge on any atom is -0.479 e. The third-order valence-corrected chi connectivity index (χ3v) is 1.70. The molecule has 1 aromatic rings. The van der Waals surface area contributed by atoms with E-state index in [-0.39, 0.29) is 5.90 Å². The van der Waals surface area contributed by atoms with Gasteiger partial charge in [0.15, 0.2) is 0 Å². The van der Waals surface area contributed by atoms with Crippen molar-refractivity contribution in [1.29, 1.82) is 0 Å². The summed E-state index contributed by atoms with van der Waals surface area (Å²) in [5, 5.41) is 11.5. The molecule has 1 aromatic carbocycles. The van der Waals surface area contributed by atoms with Gasteiger partial charge in [0, 0.05) is 11.1 Å². The maximum atomic E-state index is 10.7. The quantitative estimate of drug-likeness (QED) is 0.312. The van der Waals surface area contributed by atoms with Gasteiger partial charge in [-0.05, 0) is 29.4 Å². The third kappa shape index (κ3) is 2.01. The lowest BCUT2D eigenvalue weighted by atomic mass is 10.1. The first-order valence-electron chi connectivity index (χ1n) is 3.85. The molecule has 5 nitrogen and oxygen atoms in total. The molecule has 74 valence electrons. The smallest absolute Gasteiger partial charge is 0.257 e. The number of amides is 1. The van der Waals surface area contributed by atoms with Crippen LogP contribution in [-0.2, 0) is 4.74 Å². The van der Waals surface area contributed by atoms with Gasteiger partial charge in [0.05, 0.1) is 7.11 Å². The zero-order chi connectivity index (χ0) is 10.6. The number of hydrogen-bond acceptors (Lipinski definition) is 4. The summed E-state index contributed by atoms with van der Waals surface area (Å²) in [7, 11) is 1.39. The number of nitrogens with zero attached hydrogens (tertiary/aromatic N) is 1. The number of benzene rings is 1. The number of rotatable bonds is 2. The van der Waals surface area contributed by atoms with Gasteiger partial charge in [-0.15, -0.1) is 0 Å². The predicted octanol–water partition coefficient (Wildman–Crippen LogP) is 0.568. The Labute approximate surface area is 80.8 Å². The minimum atomic E-state index is -0.503. The van der Waals surface area contributed by atoms with E-state index in [1.165, 1.54) is 19.2 Å². The van der Waals surface area contributed by atoms with E-state index < -0.39 is 5.91 Å². The molecule has 14 heavy (non-hydrogen) atoms. The van der Waals surface area contributed by atoms with Crippen LogP contribution in [0.15, 0.2) is 29.4 Å². The topological polar surface area (TPSA) is 84.9 Å². The Balaban J connectivity index is 2.99. The molecule has 0 saturated carbocycles. The molecule has 0 unspecified atom stereocenters. The number of hydrogen-bond donors (Lipinski definition) is 2. The molecule has 0 fully saturated rings. The fourth-order valence-corrected chi connectivity index (χ4v) is 0.993. The fourth-order valence-electron chi connectivity index (χ4n) is 0.993. The Kier molecular flexibility index (Phi) is 3.06. The van der Waals surface area contributed by atoms with Gasteiger partial charge in [0.1, 0.15) is 0 Å². The molecule has 1 amide bonds. The van der Waals surface area contributed by atoms with Crippen LogP contribution in [0.1, 0.15) is 15.9 Å². The summed E-state index contributed by atoms with van der Waals surface area (Å²) < 4.78 is 4.77. The predicted molar refractivity (Wildman–Crippen MR) is 50.3 cm³/mol. The van der Waals surface area contributed by atoms with E-state index >= 15 is 0 Å². The first-order chi connectivity index (χ1) is 6.69. The van der Waals surface area contributed by atoms with Crippen molar-refractivity contribution in [3.63, 3.8) is 0 Å². The average molecular weight is 194 g/mol. The van der Waals surface area contributed by atoms with Crippen LogP contribution >= 0.6 is 0 Å². The maximum absolute atomic E-state index is 10.7. The fraction of sp³-hybridized carbons (Fsp3) is 0.111. The summed E-state index contributed by atoms with van der Waals surface area (Å²) in [5.74, 6) is -0.419. The molecule has 0 aromatic heterocycles. The van der Waals surface area contributed by atoms with Crippen LogP contribution in [0.25, 0.3) is 0 Å². The van der Waals surface area contributed by atoms with Crippen LogP contribution in [0.2, 0.25) is 0 Å². The number of primary amides is 1. The molecule has 0 heterocycles. The second-order valence-corrected chi connectivity index (χ2v) is 2.55. The van der Waals surface area contributed by atoms with Crippen molar-refractivity contribution in [2.24, 2.45) is 10.9 Å². The van der Waals surface area contributed by atoms with Gasteiger partial charge in [-0.2, -0.15) is 0 Å². The van der Waals surface area contributed by atoms with Gasteiger partial charge in [-0.25, -0.2) is 0 Å². The lowest BCUT2D eigenvalue weighted by molar-refractivity contribution is 0.100. The van der Waals surface area contributed by atoms with Crippen LogP contribution in [0, 0.1) is 0 Å². The van der Waals surface area contributed by atoms with Gasteiger partial charge in [-0.1, -0.05) is 0 Å². The van der Waals surface area contributed by atoms with Gasteiger partial charge in [0.25, 0.3) is 5.90 Å². The number of methoxy groups -OCH3 is 1. The first-order valence-corrected chi connectivity index (χ1v) is 3.85. The van der Waals surface area contributed by atoms with Crippen molar-refractivity contribution in [2.45, 2.75) is 0 Å². The Morgan fingerprint density at radius 1 is 1.36 bits per heavy atom. The number of oxime groups is 1. The lowest BCUT2D eigenvalue weighted by Crippen LogP contribution is -2.11. The SMILES string of the molecule is COC(=NO)c1ccc(C(N)=O)cc1. The summed E-state index contributed by atoms with van der Waals surface area (Å²) in [6.45, 7) is 0. The molecule has 0 atom stereocenters. The van der Waals surface area contributed by atoms with E-state index in [1.807, 2.05) is 0 Å². The molecule has 0 aliphatic heterocycles. The molecule has 0 aliphatic carbocycles. The molecular formula is C9H10N2O3.